The second kappa shape index (κ2) is 7.07. The van der Waals surface area contributed by atoms with Crippen LogP contribution in [0.5, 0.6) is 0 Å². The first-order valence-electron chi connectivity index (χ1n) is 7.79. The lowest BCUT2D eigenvalue weighted by atomic mass is 10.1. The Bertz CT molecular complexity index is 450. The molecule has 21 heavy (non-hydrogen) atoms. The highest BCUT2D eigenvalue weighted by atomic mass is 32.2. The number of nitrogens with one attached hydrogen (secondary N) is 1. The van der Waals surface area contributed by atoms with Crippen LogP contribution in [-0.4, -0.2) is 56.2 Å². The zero-order valence-electron chi connectivity index (χ0n) is 12.9. The molecule has 2 rings (SSSR count). The van der Waals surface area contributed by atoms with Crippen LogP contribution in [-0.2, 0) is 19.6 Å². The lowest BCUT2D eigenvalue weighted by Gasteiger charge is -2.34. The normalized spacial score (nSPS) is 28.7. The maximum atomic E-state index is 12.3. The van der Waals surface area contributed by atoms with Gasteiger partial charge in [0.25, 0.3) is 0 Å². The Morgan fingerprint density at radius 2 is 1.76 bits per heavy atom. The number of nitrogens with zero attached hydrogens (tertiary/aromatic N) is 1. The minimum Gasteiger partial charge on any atom is -0.373 e. The predicted octanol–water partition coefficient (Wildman–Crippen LogP) is 0.732. The summed E-state index contributed by atoms with van der Waals surface area (Å²) in [6, 6.07) is 0. The number of carbonyl (C=O) groups excluding carboxylic acids is 1. The maximum Gasteiger partial charge on any atom is 0.223 e. The van der Waals surface area contributed by atoms with Crippen LogP contribution in [0.1, 0.15) is 39.5 Å². The van der Waals surface area contributed by atoms with Gasteiger partial charge in [0.05, 0.1) is 18.0 Å². The largest absolute Gasteiger partial charge is 0.373 e. The van der Waals surface area contributed by atoms with E-state index in [1.807, 2.05) is 13.8 Å². The number of ether oxygens (including phenoxy) is 1. The van der Waals surface area contributed by atoms with Crippen LogP contribution in [0.4, 0.5) is 0 Å². The molecule has 1 saturated carbocycles. The van der Waals surface area contributed by atoms with Crippen LogP contribution < -0.4 is 5.32 Å². The van der Waals surface area contributed by atoms with E-state index in [9.17, 15) is 13.2 Å². The average molecular weight is 318 g/mol. The third-order valence-electron chi connectivity index (χ3n) is 4.16. The molecule has 0 unspecified atom stereocenters. The molecule has 122 valence electrons. The van der Waals surface area contributed by atoms with Gasteiger partial charge in [-0.25, -0.2) is 8.42 Å². The van der Waals surface area contributed by atoms with Gasteiger partial charge in [0.2, 0.25) is 15.9 Å². The second-order valence-corrected chi connectivity index (χ2v) is 8.25. The van der Waals surface area contributed by atoms with Gasteiger partial charge in [-0.15, -0.1) is 0 Å². The molecule has 0 aromatic carbocycles. The summed E-state index contributed by atoms with van der Waals surface area (Å²) in [7, 11) is -3.33. The summed E-state index contributed by atoms with van der Waals surface area (Å²) in [6.45, 7) is 4.73. The smallest absolute Gasteiger partial charge is 0.223 e. The van der Waals surface area contributed by atoms with Crippen molar-refractivity contribution in [1.82, 2.24) is 9.62 Å². The van der Waals surface area contributed by atoms with E-state index in [-0.39, 0.29) is 36.3 Å². The summed E-state index contributed by atoms with van der Waals surface area (Å²) in [4.78, 5) is 11.9. The highest BCUT2D eigenvalue weighted by Crippen LogP contribution is 2.24. The first-order chi connectivity index (χ1) is 9.88. The van der Waals surface area contributed by atoms with E-state index >= 15 is 0 Å². The van der Waals surface area contributed by atoms with Gasteiger partial charge < -0.3 is 10.1 Å². The van der Waals surface area contributed by atoms with Crippen LogP contribution in [0.15, 0.2) is 0 Å². The number of carbonyl (C=O) groups is 1. The van der Waals surface area contributed by atoms with E-state index in [1.165, 1.54) is 4.31 Å². The maximum absolute atomic E-state index is 12.3. The number of hydrogen-bond acceptors (Lipinski definition) is 4. The first kappa shape index (κ1) is 16.7. The van der Waals surface area contributed by atoms with E-state index in [1.54, 1.807) is 0 Å². The molecule has 0 bridgehead atoms. The molecule has 2 fully saturated rings. The third kappa shape index (κ3) is 4.66. The summed E-state index contributed by atoms with van der Waals surface area (Å²) in [6.07, 6.45) is 3.88. The van der Waals surface area contributed by atoms with Crippen molar-refractivity contribution in [2.75, 3.05) is 25.4 Å². The van der Waals surface area contributed by atoms with Gasteiger partial charge in [-0.05, 0) is 26.7 Å². The molecule has 0 aromatic heterocycles. The van der Waals surface area contributed by atoms with Crippen molar-refractivity contribution in [3.63, 3.8) is 0 Å². The molecule has 0 radical (unpaired) electrons. The number of amides is 1. The Morgan fingerprint density at radius 1 is 1.19 bits per heavy atom. The fourth-order valence-electron chi connectivity index (χ4n) is 3.12. The number of morpholine rings is 1. The first-order valence-corrected chi connectivity index (χ1v) is 9.40. The molecule has 1 N–H and O–H groups in total. The molecular weight excluding hydrogens is 292 g/mol. The Kier molecular flexibility index (Phi) is 5.62. The number of sulfonamides is 1. The zero-order valence-corrected chi connectivity index (χ0v) is 13.7. The summed E-state index contributed by atoms with van der Waals surface area (Å²) in [5.41, 5.74) is 0. The molecule has 1 aliphatic carbocycles. The van der Waals surface area contributed by atoms with Crippen molar-refractivity contribution in [2.24, 2.45) is 5.92 Å². The van der Waals surface area contributed by atoms with Crippen molar-refractivity contribution < 1.29 is 17.9 Å². The molecule has 7 heteroatoms. The fourth-order valence-corrected chi connectivity index (χ4v) is 4.61. The van der Waals surface area contributed by atoms with E-state index in [0.29, 0.717) is 13.1 Å². The van der Waals surface area contributed by atoms with Crippen LogP contribution in [0.2, 0.25) is 0 Å². The quantitative estimate of drug-likeness (QED) is 0.811. The van der Waals surface area contributed by atoms with Crippen LogP contribution in [0.3, 0.4) is 0 Å². The molecule has 0 spiro atoms. The lowest BCUT2D eigenvalue weighted by molar-refractivity contribution is -0.124. The summed E-state index contributed by atoms with van der Waals surface area (Å²) < 4.78 is 31.6. The van der Waals surface area contributed by atoms with Gasteiger partial charge in [-0.2, -0.15) is 4.31 Å². The SMILES string of the molecule is C[C@@H]1CN(S(=O)(=O)CCNC(=O)C2CCCC2)C[C@H](C)O1. The summed E-state index contributed by atoms with van der Waals surface area (Å²) in [5, 5.41) is 2.77. The standard InChI is InChI=1S/C14H26N2O4S/c1-11-9-16(10-12(2)20-11)21(18,19)8-7-15-14(17)13-5-3-4-6-13/h11-13H,3-10H2,1-2H3,(H,15,17)/t11-,12+. The van der Waals surface area contributed by atoms with Crippen LogP contribution in [0.25, 0.3) is 0 Å². The van der Waals surface area contributed by atoms with E-state index in [4.69, 9.17) is 4.74 Å². The fraction of sp³-hybridized carbons (Fsp3) is 0.929. The van der Waals surface area contributed by atoms with Crippen LogP contribution >= 0.6 is 0 Å². The Morgan fingerprint density at radius 3 is 2.33 bits per heavy atom. The van der Waals surface area contributed by atoms with Gasteiger partial charge in [0.15, 0.2) is 0 Å². The van der Waals surface area contributed by atoms with Gasteiger partial charge >= 0.3 is 0 Å². The van der Waals surface area contributed by atoms with Crippen molar-refractivity contribution >= 4 is 15.9 Å². The summed E-state index contributed by atoms with van der Waals surface area (Å²) >= 11 is 0. The minimum absolute atomic E-state index is 0.00594. The van der Waals surface area contributed by atoms with Crippen molar-refractivity contribution in [1.29, 1.82) is 0 Å². The molecule has 1 amide bonds. The van der Waals surface area contributed by atoms with E-state index < -0.39 is 10.0 Å². The van der Waals surface area contributed by atoms with Crippen LogP contribution in [0, 0.1) is 5.92 Å². The highest BCUT2D eigenvalue weighted by Gasteiger charge is 2.31. The van der Waals surface area contributed by atoms with E-state index in [0.717, 1.165) is 25.7 Å². The molecular formula is C14H26N2O4S. The Labute approximate surface area is 127 Å². The van der Waals surface area contributed by atoms with Gasteiger partial charge in [-0.3, -0.25) is 4.79 Å². The minimum atomic E-state index is -3.33. The molecule has 0 aromatic rings. The molecule has 1 saturated heterocycles. The topological polar surface area (TPSA) is 75.7 Å². The predicted molar refractivity (Wildman–Crippen MR) is 80.3 cm³/mol. The molecule has 6 nitrogen and oxygen atoms in total. The molecule has 1 heterocycles. The number of rotatable bonds is 5. The van der Waals surface area contributed by atoms with Gasteiger partial charge in [0.1, 0.15) is 0 Å². The average Bonchev–Trinajstić information content (AvgIpc) is 2.91. The Balaban J connectivity index is 1.79. The molecule has 2 aliphatic rings. The molecule has 2 atom stereocenters. The van der Waals surface area contributed by atoms with Crippen molar-refractivity contribution in [2.45, 2.75) is 51.7 Å². The zero-order chi connectivity index (χ0) is 15.5. The lowest BCUT2D eigenvalue weighted by Crippen LogP contribution is -2.49. The highest BCUT2D eigenvalue weighted by molar-refractivity contribution is 7.89. The monoisotopic (exact) mass is 318 g/mol. The summed E-state index contributed by atoms with van der Waals surface area (Å²) in [5.74, 6) is 0.0489. The number of hydrogen-bond donors (Lipinski definition) is 1. The Hall–Kier alpha value is -0.660. The van der Waals surface area contributed by atoms with Crippen molar-refractivity contribution in [3.8, 4) is 0 Å². The van der Waals surface area contributed by atoms with Gasteiger partial charge in [0, 0.05) is 25.6 Å². The van der Waals surface area contributed by atoms with Crippen molar-refractivity contribution in [3.05, 3.63) is 0 Å². The third-order valence-corrected chi connectivity index (χ3v) is 5.97. The second-order valence-electron chi connectivity index (χ2n) is 6.16. The molecule has 1 aliphatic heterocycles. The van der Waals surface area contributed by atoms with E-state index in [2.05, 4.69) is 5.32 Å². The van der Waals surface area contributed by atoms with Gasteiger partial charge in [-0.1, -0.05) is 12.8 Å².